The molecule has 3 N–H and O–H groups in total. The summed E-state index contributed by atoms with van der Waals surface area (Å²) in [5.74, 6) is -1.11. The second-order valence-electron chi connectivity index (χ2n) is 5.50. The van der Waals surface area contributed by atoms with E-state index in [4.69, 9.17) is 5.11 Å². The maximum Gasteiger partial charge on any atom is 0.315 e. The van der Waals surface area contributed by atoms with Gasteiger partial charge in [-0.2, -0.15) is 5.10 Å². The average molecular weight is 294 g/mol. The highest BCUT2D eigenvalue weighted by Gasteiger charge is 2.30. The van der Waals surface area contributed by atoms with Crippen LogP contribution in [-0.4, -0.2) is 32.9 Å². The van der Waals surface area contributed by atoms with Crippen LogP contribution < -0.4 is 10.6 Å². The maximum absolute atomic E-state index is 11.9. The summed E-state index contributed by atoms with van der Waals surface area (Å²) in [6.07, 6.45) is 4.58. The first-order valence-corrected chi connectivity index (χ1v) is 7.28. The van der Waals surface area contributed by atoms with E-state index in [-0.39, 0.29) is 18.0 Å². The Morgan fingerprint density at radius 2 is 2.24 bits per heavy atom. The summed E-state index contributed by atoms with van der Waals surface area (Å²) in [4.78, 5) is 22.7. The number of carboxylic acids is 1. The standard InChI is InChI=1S/C14H22N4O3/c1-3-12-10(8-18(2)17-12)7-15-14(21)16-11-5-4-9(6-11)13(19)20/h8-9,11H,3-7H2,1-2H3,(H,19,20)(H2,15,16,21). The molecule has 2 unspecified atom stereocenters. The number of aliphatic carboxylic acids is 1. The lowest BCUT2D eigenvalue weighted by atomic mass is 10.1. The zero-order chi connectivity index (χ0) is 15.4. The van der Waals surface area contributed by atoms with Crippen LogP contribution in [0.3, 0.4) is 0 Å². The summed E-state index contributed by atoms with van der Waals surface area (Å²) in [7, 11) is 1.85. The van der Waals surface area contributed by atoms with Gasteiger partial charge in [0, 0.05) is 31.4 Å². The molecule has 1 heterocycles. The summed E-state index contributed by atoms with van der Waals surface area (Å²) in [5, 5.41) is 18.9. The van der Waals surface area contributed by atoms with Crippen LogP contribution in [0.5, 0.6) is 0 Å². The van der Waals surface area contributed by atoms with Crippen molar-refractivity contribution in [3.8, 4) is 0 Å². The van der Waals surface area contributed by atoms with E-state index in [0.717, 1.165) is 24.1 Å². The topological polar surface area (TPSA) is 96.3 Å². The van der Waals surface area contributed by atoms with Crippen LogP contribution in [0.25, 0.3) is 0 Å². The molecule has 2 rings (SSSR count). The van der Waals surface area contributed by atoms with Gasteiger partial charge in [-0.05, 0) is 25.7 Å². The Morgan fingerprint density at radius 1 is 1.48 bits per heavy atom. The number of urea groups is 1. The molecule has 2 atom stereocenters. The van der Waals surface area contributed by atoms with E-state index < -0.39 is 5.97 Å². The summed E-state index contributed by atoms with van der Waals surface area (Å²) < 4.78 is 1.74. The number of hydrogen-bond donors (Lipinski definition) is 3. The Balaban J connectivity index is 1.79. The molecule has 1 saturated carbocycles. The maximum atomic E-state index is 11.9. The van der Waals surface area contributed by atoms with Gasteiger partial charge in [-0.15, -0.1) is 0 Å². The zero-order valence-corrected chi connectivity index (χ0v) is 12.4. The predicted molar refractivity (Wildman–Crippen MR) is 76.7 cm³/mol. The van der Waals surface area contributed by atoms with Gasteiger partial charge < -0.3 is 15.7 Å². The molecule has 0 radical (unpaired) electrons. The van der Waals surface area contributed by atoms with E-state index in [1.807, 2.05) is 20.2 Å². The lowest BCUT2D eigenvalue weighted by Crippen LogP contribution is -2.40. The van der Waals surface area contributed by atoms with E-state index in [9.17, 15) is 9.59 Å². The first-order valence-electron chi connectivity index (χ1n) is 7.28. The smallest absolute Gasteiger partial charge is 0.315 e. The minimum atomic E-state index is -0.775. The summed E-state index contributed by atoms with van der Waals surface area (Å²) in [6, 6.07) is -0.303. The molecule has 0 bridgehead atoms. The normalized spacial score (nSPS) is 21.2. The number of aromatic nitrogens is 2. The molecule has 1 aliphatic carbocycles. The molecule has 21 heavy (non-hydrogen) atoms. The second-order valence-corrected chi connectivity index (χ2v) is 5.50. The molecular weight excluding hydrogens is 272 g/mol. The van der Waals surface area contributed by atoms with Crippen molar-refractivity contribution in [3.63, 3.8) is 0 Å². The zero-order valence-electron chi connectivity index (χ0n) is 12.4. The summed E-state index contributed by atoms with van der Waals surface area (Å²) >= 11 is 0. The molecule has 7 heteroatoms. The molecule has 0 aromatic carbocycles. The van der Waals surface area contributed by atoms with Gasteiger partial charge in [0.1, 0.15) is 0 Å². The first kappa shape index (κ1) is 15.3. The number of carboxylic acid groups (broad SMARTS) is 1. The molecule has 116 valence electrons. The average Bonchev–Trinajstić information content (AvgIpc) is 3.02. The van der Waals surface area contributed by atoms with Crippen LogP contribution in [0.15, 0.2) is 6.20 Å². The highest BCUT2D eigenvalue weighted by atomic mass is 16.4. The van der Waals surface area contributed by atoms with Gasteiger partial charge in [-0.25, -0.2) is 4.79 Å². The molecule has 0 saturated heterocycles. The van der Waals surface area contributed by atoms with Crippen molar-refractivity contribution in [2.45, 2.75) is 45.2 Å². The van der Waals surface area contributed by atoms with Gasteiger partial charge in [0.15, 0.2) is 0 Å². The third kappa shape index (κ3) is 3.96. The van der Waals surface area contributed by atoms with Gasteiger partial charge in [0.05, 0.1) is 11.6 Å². The van der Waals surface area contributed by atoms with Crippen molar-refractivity contribution >= 4 is 12.0 Å². The van der Waals surface area contributed by atoms with Crippen LogP contribution >= 0.6 is 0 Å². The number of nitrogens with one attached hydrogen (secondary N) is 2. The number of rotatable bonds is 5. The van der Waals surface area contributed by atoms with E-state index in [1.54, 1.807) is 4.68 Å². The fourth-order valence-electron chi connectivity index (χ4n) is 2.78. The number of nitrogens with zero attached hydrogens (tertiary/aromatic N) is 2. The van der Waals surface area contributed by atoms with E-state index in [2.05, 4.69) is 15.7 Å². The molecule has 1 aliphatic rings. The van der Waals surface area contributed by atoms with Gasteiger partial charge in [-0.1, -0.05) is 6.92 Å². The number of aryl methyl sites for hydroxylation is 2. The minimum absolute atomic E-state index is 0.0503. The second kappa shape index (κ2) is 6.60. The molecule has 1 aromatic heterocycles. The molecule has 0 spiro atoms. The lowest BCUT2D eigenvalue weighted by molar-refractivity contribution is -0.141. The fourth-order valence-corrected chi connectivity index (χ4v) is 2.78. The number of carbonyl (C=O) groups excluding carboxylic acids is 1. The van der Waals surface area contributed by atoms with Gasteiger partial charge in [-0.3, -0.25) is 9.48 Å². The molecular formula is C14H22N4O3. The quantitative estimate of drug-likeness (QED) is 0.756. The Labute approximate surface area is 123 Å². The highest BCUT2D eigenvalue weighted by molar-refractivity contribution is 5.75. The van der Waals surface area contributed by atoms with Gasteiger partial charge >= 0.3 is 12.0 Å². The van der Waals surface area contributed by atoms with E-state index in [0.29, 0.717) is 19.4 Å². The van der Waals surface area contributed by atoms with Crippen molar-refractivity contribution in [3.05, 3.63) is 17.5 Å². The van der Waals surface area contributed by atoms with Gasteiger partial charge in [0.2, 0.25) is 0 Å². The molecule has 1 aromatic rings. The molecule has 0 aliphatic heterocycles. The molecule has 2 amide bonds. The minimum Gasteiger partial charge on any atom is -0.481 e. The van der Waals surface area contributed by atoms with Crippen molar-refractivity contribution in [1.29, 1.82) is 0 Å². The van der Waals surface area contributed by atoms with Crippen LogP contribution in [0.4, 0.5) is 4.79 Å². The monoisotopic (exact) mass is 294 g/mol. The SMILES string of the molecule is CCc1nn(C)cc1CNC(=O)NC1CCC(C(=O)O)C1. The van der Waals surface area contributed by atoms with E-state index >= 15 is 0 Å². The largest absolute Gasteiger partial charge is 0.481 e. The summed E-state index contributed by atoms with van der Waals surface area (Å²) in [5.41, 5.74) is 1.98. The van der Waals surface area contributed by atoms with Crippen molar-refractivity contribution in [1.82, 2.24) is 20.4 Å². The van der Waals surface area contributed by atoms with Crippen molar-refractivity contribution < 1.29 is 14.7 Å². The lowest BCUT2D eigenvalue weighted by Gasteiger charge is -2.13. The Morgan fingerprint density at radius 3 is 2.86 bits per heavy atom. The van der Waals surface area contributed by atoms with Crippen LogP contribution in [0, 0.1) is 5.92 Å². The van der Waals surface area contributed by atoms with Crippen LogP contribution in [0.2, 0.25) is 0 Å². The van der Waals surface area contributed by atoms with Crippen molar-refractivity contribution in [2.24, 2.45) is 13.0 Å². The van der Waals surface area contributed by atoms with Gasteiger partial charge in [0.25, 0.3) is 0 Å². The Bertz CT molecular complexity index is 526. The third-order valence-electron chi connectivity index (χ3n) is 3.88. The number of carbonyl (C=O) groups is 2. The van der Waals surface area contributed by atoms with Crippen LogP contribution in [-0.2, 0) is 24.8 Å². The summed E-state index contributed by atoms with van der Waals surface area (Å²) in [6.45, 7) is 2.45. The third-order valence-corrected chi connectivity index (χ3v) is 3.88. The number of hydrogen-bond acceptors (Lipinski definition) is 3. The fraction of sp³-hybridized carbons (Fsp3) is 0.643. The van der Waals surface area contributed by atoms with Crippen molar-refractivity contribution in [2.75, 3.05) is 0 Å². The Hall–Kier alpha value is -2.05. The van der Waals surface area contributed by atoms with E-state index in [1.165, 1.54) is 0 Å². The molecule has 1 fully saturated rings. The molecule has 7 nitrogen and oxygen atoms in total. The first-order chi connectivity index (χ1) is 9.99. The highest BCUT2D eigenvalue weighted by Crippen LogP contribution is 2.25. The predicted octanol–water partition coefficient (Wildman–Crippen LogP) is 1.03. The van der Waals surface area contributed by atoms with Crippen LogP contribution in [0.1, 0.15) is 37.4 Å². The Kier molecular flexibility index (Phi) is 4.82. The number of amides is 2.